The first kappa shape index (κ1) is 16.2. The SMILES string of the molecule is Cc1noc(C)c1-c1cc2c(c(C(O)C3CCCC3)c1)NC(C1CC1)N2. The predicted octanol–water partition coefficient (Wildman–Crippen LogP) is 4.76. The van der Waals surface area contributed by atoms with Crippen LogP contribution in [0.4, 0.5) is 11.4 Å². The summed E-state index contributed by atoms with van der Waals surface area (Å²) in [5.41, 5.74) is 6.25. The number of nitrogens with one attached hydrogen (secondary N) is 2. The molecule has 3 N–H and O–H groups in total. The highest BCUT2D eigenvalue weighted by Gasteiger charge is 2.38. The highest BCUT2D eigenvalue weighted by molar-refractivity contribution is 5.85. The van der Waals surface area contributed by atoms with Crippen LogP contribution in [-0.4, -0.2) is 16.4 Å². The van der Waals surface area contributed by atoms with Gasteiger partial charge in [-0.15, -0.1) is 0 Å². The van der Waals surface area contributed by atoms with E-state index >= 15 is 0 Å². The van der Waals surface area contributed by atoms with Crippen LogP contribution in [0.25, 0.3) is 11.1 Å². The van der Waals surface area contributed by atoms with E-state index in [0.717, 1.165) is 52.4 Å². The van der Waals surface area contributed by atoms with Crippen LogP contribution in [0, 0.1) is 25.7 Å². The summed E-state index contributed by atoms with van der Waals surface area (Å²) in [5.74, 6) is 1.88. The van der Waals surface area contributed by atoms with Crippen molar-refractivity contribution in [1.82, 2.24) is 5.16 Å². The molecule has 138 valence electrons. The van der Waals surface area contributed by atoms with Gasteiger partial charge in [0.2, 0.25) is 0 Å². The molecular formula is C21H27N3O2. The number of hydrogen-bond acceptors (Lipinski definition) is 5. The molecule has 2 saturated carbocycles. The van der Waals surface area contributed by atoms with Crippen LogP contribution in [0.15, 0.2) is 16.7 Å². The van der Waals surface area contributed by atoms with E-state index in [-0.39, 0.29) is 0 Å². The van der Waals surface area contributed by atoms with Crippen LogP contribution in [0.2, 0.25) is 0 Å². The number of aliphatic hydroxyl groups is 1. The van der Waals surface area contributed by atoms with Gasteiger partial charge in [0.05, 0.1) is 29.3 Å². The highest BCUT2D eigenvalue weighted by Crippen LogP contribution is 2.48. The molecule has 0 spiro atoms. The Morgan fingerprint density at radius 2 is 1.88 bits per heavy atom. The van der Waals surface area contributed by atoms with Crippen LogP contribution in [0.3, 0.4) is 0 Å². The average molecular weight is 353 g/mol. The Morgan fingerprint density at radius 3 is 2.54 bits per heavy atom. The second-order valence-corrected chi connectivity index (χ2v) is 8.28. The summed E-state index contributed by atoms with van der Waals surface area (Å²) in [6, 6.07) is 4.33. The Kier molecular flexibility index (Phi) is 3.74. The molecule has 2 aliphatic carbocycles. The molecule has 2 unspecified atom stereocenters. The van der Waals surface area contributed by atoms with Crippen molar-refractivity contribution < 1.29 is 9.63 Å². The molecule has 0 amide bonds. The van der Waals surface area contributed by atoms with Crippen molar-refractivity contribution in [3.63, 3.8) is 0 Å². The minimum atomic E-state index is -0.418. The van der Waals surface area contributed by atoms with Gasteiger partial charge in [0.25, 0.3) is 0 Å². The number of aliphatic hydroxyl groups excluding tert-OH is 1. The van der Waals surface area contributed by atoms with Crippen molar-refractivity contribution in [2.45, 2.75) is 64.6 Å². The number of aromatic nitrogens is 1. The summed E-state index contributed by atoms with van der Waals surface area (Å²) in [6.45, 7) is 3.93. The fraction of sp³-hybridized carbons (Fsp3) is 0.571. The van der Waals surface area contributed by atoms with Crippen LogP contribution in [-0.2, 0) is 0 Å². The van der Waals surface area contributed by atoms with Crippen molar-refractivity contribution in [2.75, 3.05) is 10.6 Å². The number of hydrogen-bond donors (Lipinski definition) is 3. The number of anilines is 2. The molecule has 1 aliphatic heterocycles. The Labute approximate surface area is 154 Å². The maximum atomic E-state index is 11.2. The van der Waals surface area contributed by atoms with Crippen LogP contribution >= 0.6 is 0 Å². The van der Waals surface area contributed by atoms with E-state index in [0.29, 0.717) is 18.0 Å². The summed E-state index contributed by atoms with van der Waals surface area (Å²) in [4.78, 5) is 0. The lowest BCUT2D eigenvalue weighted by Crippen LogP contribution is -2.24. The molecule has 2 atom stereocenters. The van der Waals surface area contributed by atoms with Gasteiger partial charge in [0, 0.05) is 11.1 Å². The molecule has 2 fully saturated rings. The van der Waals surface area contributed by atoms with Crippen molar-refractivity contribution in [2.24, 2.45) is 11.8 Å². The summed E-state index contributed by atoms with van der Waals surface area (Å²) < 4.78 is 5.39. The lowest BCUT2D eigenvalue weighted by Gasteiger charge is -2.22. The molecule has 0 bridgehead atoms. The van der Waals surface area contributed by atoms with Crippen molar-refractivity contribution in [3.8, 4) is 11.1 Å². The molecule has 5 nitrogen and oxygen atoms in total. The molecule has 2 heterocycles. The third-order valence-corrected chi connectivity index (χ3v) is 6.36. The second kappa shape index (κ2) is 6.02. The van der Waals surface area contributed by atoms with Crippen LogP contribution < -0.4 is 10.6 Å². The van der Waals surface area contributed by atoms with Gasteiger partial charge in [0.15, 0.2) is 0 Å². The predicted molar refractivity (Wildman–Crippen MR) is 102 cm³/mol. The van der Waals surface area contributed by atoms with E-state index < -0.39 is 6.10 Å². The lowest BCUT2D eigenvalue weighted by molar-refractivity contribution is 0.112. The molecule has 5 heteroatoms. The first-order chi connectivity index (χ1) is 12.6. The van der Waals surface area contributed by atoms with E-state index in [9.17, 15) is 5.11 Å². The van der Waals surface area contributed by atoms with Gasteiger partial charge in [-0.3, -0.25) is 0 Å². The maximum absolute atomic E-state index is 11.2. The zero-order valence-corrected chi connectivity index (χ0v) is 15.5. The smallest absolute Gasteiger partial charge is 0.141 e. The number of aryl methyl sites for hydroxylation is 2. The van der Waals surface area contributed by atoms with Gasteiger partial charge >= 0.3 is 0 Å². The van der Waals surface area contributed by atoms with Crippen LogP contribution in [0.5, 0.6) is 0 Å². The van der Waals surface area contributed by atoms with E-state index in [1.165, 1.54) is 25.7 Å². The van der Waals surface area contributed by atoms with Crippen molar-refractivity contribution in [1.29, 1.82) is 0 Å². The molecule has 1 aromatic heterocycles. The Hall–Kier alpha value is -2.01. The summed E-state index contributed by atoms with van der Waals surface area (Å²) in [7, 11) is 0. The number of nitrogens with zero attached hydrogens (tertiary/aromatic N) is 1. The standard InChI is InChI=1S/C21H27N3O2/c1-11-18(12(2)26-24-11)15-9-16(20(25)13-5-3-4-6-13)19-17(10-15)22-21(23-19)14-7-8-14/h9-10,13-14,20-23,25H,3-8H2,1-2H3. The largest absolute Gasteiger partial charge is 0.388 e. The first-order valence-electron chi connectivity index (χ1n) is 9.94. The number of fused-ring (bicyclic) bond motifs is 1. The zero-order chi connectivity index (χ0) is 17.8. The molecule has 0 radical (unpaired) electrons. The molecule has 0 saturated heterocycles. The summed E-state index contributed by atoms with van der Waals surface area (Å²) in [6.07, 6.45) is 7.11. The maximum Gasteiger partial charge on any atom is 0.141 e. The van der Waals surface area contributed by atoms with E-state index in [1.807, 2.05) is 13.8 Å². The van der Waals surface area contributed by atoms with E-state index in [2.05, 4.69) is 27.9 Å². The average Bonchev–Trinajstić information content (AvgIpc) is 3.04. The second-order valence-electron chi connectivity index (χ2n) is 8.28. The summed E-state index contributed by atoms with van der Waals surface area (Å²) in [5, 5.41) is 22.6. The molecular weight excluding hydrogens is 326 g/mol. The van der Waals surface area contributed by atoms with Gasteiger partial charge in [-0.05, 0) is 69.1 Å². The molecule has 2 aromatic rings. The molecule has 5 rings (SSSR count). The lowest BCUT2D eigenvalue weighted by atomic mass is 9.90. The molecule has 3 aliphatic rings. The minimum absolute atomic E-state index is 0.291. The Balaban J connectivity index is 1.60. The van der Waals surface area contributed by atoms with Crippen molar-refractivity contribution >= 4 is 11.4 Å². The van der Waals surface area contributed by atoms with Gasteiger partial charge < -0.3 is 20.3 Å². The van der Waals surface area contributed by atoms with E-state index in [1.54, 1.807) is 0 Å². The third-order valence-electron chi connectivity index (χ3n) is 6.36. The Morgan fingerprint density at radius 1 is 1.12 bits per heavy atom. The van der Waals surface area contributed by atoms with Crippen molar-refractivity contribution in [3.05, 3.63) is 29.2 Å². The Bertz CT molecular complexity index is 815. The third kappa shape index (κ3) is 2.60. The zero-order valence-electron chi connectivity index (χ0n) is 15.5. The fourth-order valence-corrected chi connectivity index (χ4v) is 4.76. The topological polar surface area (TPSA) is 70.3 Å². The first-order valence-corrected chi connectivity index (χ1v) is 9.94. The van der Waals surface area contributed by atoms with Gasteiger partial charge in [-0.25, -0.2) is 0 Å². The molecule has 26 heavy (non-hydrogen) atoms. The minimum Gasteiger partial charge on any atom is -0.388 e. The number of rotatable bonds is 4. The number of benzene rings is 1. The van der Waals surface area contributed by atoms with Gasteiger partial charge in [-0.1, -0.05) is 18.0 Å². The monoisotopic (exact) mass is 353 g/mol. The highest BCUT2D eigenvalue weighted by atomic mass is 16.5. The van der Waals surface area contributed by atoms with E-state index in [4.69, 9.17) is 4.52 Å². The normalized spacial score (nSPS) is 23.6. The fourth-order valence-electron chi connectivity index (χ4n) is 4.76. The van der Waals surface area contributed by atoms with Gasteiger partial charge in [0.1, 0.15) is 5.76 Å². The van der Waals surface area contributed by atoms with Crippen LogP contribution in [0.1, 0.15) is 61.6 Å². The quantitative estimate of drug-likeness (QED) is 0.739. The molecule has 1 aromatic carbocycles. The summed E-state index contributed by atoms with van der Waals surface area (Å²) >= 11 is 0. The van der Waals surface area contributed by atoms with Gasteiger partial charge in [-0.2, -0.15) is 0 Å².